The van der Waals surface area contributed by atoms with Crippen LogP contribution in [0.25, 0.3) is 111 Å². The van der Waals surface area contributed by atoms with Gasteiger partial charge >= 0.3 is 0 Å². The standard InChI is InChI=1S/C108H88BN5/c1-106(2,3)79-50-56-97-91(63-79)92-64-80(107(4,5)6)51-57-98(92)111(97)85-52-55-95-101(68-85)113(86-60-77(72-35-19-11-20-36-72)59-78(61-86)73-37-21-12-22-38-73)102-69-87(112-96-48-32-31-47-88(96)93-67-84(53-58-99(93)112)110(82-43-27-15-28-44-82)83-45-29-16-30-46-83)70-103-104(102)109(95)94-54-49-76(71-33-17-10-18-34-71)62-100(94)114(103)105-89(74-39-23-13-24-40-74)65-81(108(7,8)9)66-90(105)75-41-25-14-26-42-75/h10-70H,1-9H3/i10D,17D,18D,33D,34D. The summed E-state index contributed by atoms with van der Waals surface area (Å²) in [4.78, 5) is 7.41. The minimum atomic E-state index is -0.487. The zero-order valence-corrected chi connectivity index (χ0v) is 65.6. The van der Waals surface area contributed by atoms with Crippen LogP contribution in [0.1, 0.15) is 85.9 Å². The number of hydrogen-bond donors (Lipinski definition) is 0. The van der Waals surface area contributed by atoms with Crippen LogP contribution in [0.4, 0.5) is 51.2 Å². The molecule has 20 rings (SSSR count). The summed E-state index contributed by atoms with van der Waals surface area (Å²) in [6.45, 7) is 20.2. The molecule has 0 saturated heterocycles. The van der Waals surface area contributed by atoms with E-state index >= 15 is 0 Å². The van der Waals surface area contributed by atoms with E-state index in [-0.39, 0.29) is 33.9 Å². The van der Waals surface area contributed by atoms with Crippen molar-refractivity contribution in [1.29, 1.82) is 0 Å². The van der Waals surface area contributed by atoms with Crippen LogP contribution >= 0.6 is 0 Å². The maximum atomic E-state index is 9.79. The van der Waals surface area contributed by atoms with Gasteiger partial charge in [-0.3, -0.25) is 0 Å². The lowest BCUT2D eigenvalue weighted by atomic mass is 9.33. The van der Waals surface area contributed by atoms with Crippen molar-refractivity contribution in [1.82, 2.24) is 9.13 Å². The summed E-state index contributed by atoms with van der Waals surface area (Å²) < 4.78 is 52.0. The number of fused-ring (bicyclic) bond motifs is 10. The zero-order chi connectivity index (χ0) is 81.7. The van der Waals surface area contributed by atoms with Gasteiger partial charge in [-0.15, -0.1) is 0 Å². The number of aromatic nitrogens is 2. The van der Waals surface area contributed by atoms with Gasteiger partial charge in [-0.05, 0) is 227 Å². The number of benzene rings is 16. The molecule has 0 atom stereocenters. The highest BCUT2D eigenvalue weighted by molar-refractivity contribution is 7.00. The molecular formula is C108H88BN5. The summed E-state index contributed by atoms with van der Waals surface area (Å²) in [6, 6.07) is 123. The fourth-order valence-electron chi connectivity index (χ4n) is 17.8. The van der Waals surface area contributed by atoms with E-state index in [1.807, 2.05) is 6.07 Å². The predicted octanol–water partition coefficient (Wildman–Crippen LogP) is 27.7. The maximum Gasteiger partial charge on any atom is 0.252 e. The van der Waals surface area contributed by atoms with E-state index in [2.05, 4.69) is 420 Å². The molecule has 0 spiro atoms. The molecule has 0 unspecified atom stereocenters. The largest absolute Gasteiger partial charge is 0.311 e. The van der Waals surface area contributed by atoms with E-state index in [4.69, 9.17) is 1.37 Å². The molecule has 0 N–H and O–H groups in total. The van der Waals surface area contributed by atoms with Crippen LogP contribution in [0.3, 0.4) is 0 Å². The fraction of sp³-hybridized carbons (Fsp3) is 0.111. The molecule has 0 amide bonds. The highest BCUT2D eigenvalue weighted by Crippen LogP contribution is 2.54. The van der Waals surface area contributed by atoms with Gasteiger partial charge in [0, 0.05) is 83.9 Å². The molecule has 2 aliphatic rings. The van der Waals surface area contributed by atoms with Crippen molar-refractivity contribution < 1.29 is 6.85 Å². The van der Waals surface area contributed by atoms with Crippen LogP contribution in [-0.2, 0) is 16.2 Å². The third-order valence-corrected chi connectivity index (χ3v) is 23.5. The van der Waals surface area contributed by atoms with Crippen molar-refractivity contribution in [2.24, 2.45) is 0 Å². The van der Waals surface area contributed by atoms with E-state index in [1.165, 1.54) is 21.9 Å². The Kier molecular flexibility index (Phi) is 15.3. The predicted molar refractivity (Wildman–Crippen MR) is 487 cm³/mol. The third-order valence-electron chi connectivity index (χ3n) is 23.5. The molecule has 5 nitrogen and oxygen atoms in total. The van der Waals surface area contributed by atoms with E-state index in [0.29, 0.717) is 5.56 Å². The Balaban J connectivity index is 0.972. The minimum absolute atomic E-state index is 0.119. The SMILES string of the molecule is [2H]c1c([2H])c([2H])c(-c2ccc3c(c2)N(c2c(-c4ccccc4)cc(C(C)(C)C)cc2-c2ccccc2)c2cc(-n4c5ccccc5c5cc(N(c6ccccc6)c6ccccc6)ccc54)cc4c2B3c2ccc(-n3c5ccc(C(C)(C)C)cc5c5cc(C(C)(C)C)ccc53)cc2N4c2cc(-c3ccccc3)cc(-c3ccccc3)c2)c([2H])c1[2H]. The molecule has 16 aromatic carbocycles. The topological polar surface area (TPSA) is 19.6 Å². The first-order valence-electron chi connectivity index (χ1n) is 42.2. The van der Waals surface area contributed by atoms with E-state index in [0.717, 1.165) is 162 Å². The van der Waals surface area contributed by atoms with Crippen LogP contribution in [0, 0.1) is 0 Å². The lowest BCUT2D eigenvalue weighted by Crippen LogP contribution is -2.61. The molecule has 548 valence electrons. The van der Waals surface area contributed by atoms with Crippen LogP contribution in [0.5, 0.6) is 0 Å². The van der Waals surface area contributed by atoms with E-state index < -0.39 is 24.8 Å². The Hall–Kier alpha value is -13.4. The summed E-state index contributed by atoms with van der Waals surface area (Å²) >= 11 is 0. The number of hydrogen-bond acceptors (Lipinski definition) is 3. The van der Waals surface area contributed by atoms with Gasteiger partial charge in [-0.1, -0.05) is 299 Å². The second-order valence-electron chi connectivity index (χ2n) is 33.8. The molecule has 114 heavy (non-hydrogen) atoms. The normalized spacial score (nSPS) is 13.3. The van der Waals surface area contributed by atoms with Gasteiger partial charge < -0.3 is 23.8 Å². The summed E-state index contributed by atoms with van der Waals surface area (Å²) in [6.07, 6.45) is 0. The average molecular weight is 1470 g/mol. The molecule has 0 radical (unpaired) electrons. The molecule has 0 bridgehead atoms. The van der Waals surface area contributed by atoms with Crippen molar-refractivity contribution >= 4 is 118 Å². The fourth-order valence-corrected chi connectivity index (χ4v) is 17.8. The Morgan fingerprint density at radius 2 is 0.702 bits per heavy atom. The van der Waals surface area contributed by atoms with Crippen LogP contribution in [0.2, 0.25) is 0 Å². The molecule has 2 aliphatic heterocycles. The lowest BCUT2D eigenvalue weighted by Gasteiger charge is -2.45. The molecule has 6 heteroatoms. The molecule has 0 aliphatic carbocycles. The van der Waals surface area contributed by atoms with Crippen LogP contribution < -0.4 is 31.1 Å². The van der Waals surface area contributed by atoms with Gasteiger partial charge in [0.05, 0.1) is 40.3 Å². The lowest BCUT2D eigenvalue weighted by molar-refractivity contribution is 0.590. The Labute approximate surface area is 676 Å². The van der Waals surface area contributed by atoms with Crippen molar-refractivity contribution in [3.05, 3.63) is 387 Å². The summed E-state index contributed by atoms with van der Waals surface area (Å²) in [5.74, 6) is 0. The molecule has 0 saturated carbocycles. The number of rotatable bonds is 12. The molecule has 0 fully saturated rings. The van der Waals surface area contributed by atoms with Gasteiger partial charge in [0.25, 0.3) is 6.71 Å². The maximum absolute atomic E-state index is 9.79. The van der Waals surface area contributed by atoms with Gasteiger partial charge in [-0.25, -0.2) is 0 Å². The van der Waals surface area contributed by atoms with E-state index in [9.17, 15) is 5.48 Å². The minimum Gasteiger partial charge on any atom is -0.311 e. The Bertz CT molecular complexity index is 6850. The van der Waals surface area contributed by atoms with Crippen molar-refractivity contribution in [2.75, 3.05) is 14.7 Å². The molecule has 4 heterocycles. The van der Waals surface area contributed by atoms with Crippen LogP contribution in [-0.4, -0.2) is 15.8 Å². The second-order valence-corrected chi connectivity index (χ2v) is 33.8. The van der Waals surface area contributed by atoms with Crippen molar-refractivity contribution in [2.45, 2.75) is 78.6 Å². The van der Waals surface area contributed by atoms with Crippen LogP contribution in [0.15, 0.2) is 370 Å². The number of anilines is 9. The first-order valence-corrected chi connectivity index (χ1v) is 39.7. The van der Waals surface area contributed by atoms with E-state index in [1.54, 1.807) is 0 Å². The van der Waals surface area contributed by atoms with Gasteiger partial charge in [-0.2, -0.15) is 0 Å². The summed E-state index contributed by atoms with van der Waals surface area (Å²) in [7, 11) is 0. The Morgan fingerprint density at radius 3 is 1.23 bits per heavy atom. The van der Waals surface area contributed by atoms with Gasteiger partial charge in [0.15, 0.2) is 0 Å². The monoisotopic (exact) mass is 1470 g/mol. The Morgan fingerprint density at radius 1 is 0.272 bits per heavy atom. The highest BCUT2D eigenvalue weighted by Gasteiger charge is 2.46. The number of nitrogens with zero attached hydrogens (tertiary/aromatic N) is 5. The zero-order valence-electron chi connectivity index (χ0n) is 70.6. The first-order chi connectivity index (χ1) is 57.5. The highest BCUT2D eigenvalue weighted by atomic mass is 15.2. The quantitative estimate of drug-likeness (QED) is 0.114. The smallest absolute Gasteiger partial charge is 0.252 e. The number of para-hydroxylation sites is 3. The average Bonchev–Trinajstić information content (AvgIpc) is 1.62. The summed E-state index contributed by atoms with van der Waals surface area (Å²) in [5.41, 5.74) is 29.9. The van der Waals surface area contributed by atoms with Crippen molar-refractivity contribution in [3.8, 4) is 67.0 Å². The first kappa shape index (κ1) is 64.3. The molecular weight excluding hydrogens is 1380 g/mol. The second kappa shape index (κ2) is 27.2. The third kappa shape index (κ3) is 11.9. The van der Waals surface area contributed by atoms with Crippen molar-refractivity contribution in [3.63, 3.8) is 0 Å². The van der Waals surface area contributed by atoms with Gasteiger partial charge in [0.1, 0.15) is 0 Å². The van der Waals surface area contributed by atoms with Gasteiger partial charge in [0.2, 0.25) is 0 Å². The molecule has 2 aromatic heterocycles. The molecule has 18 aromatic rings. The summed E-state index contributed by atoms with van der Waals surface area (Å²) in [5, 5.41) is 4.54.